The molecular weight excluding hydrogens is 671 g/mol. The van der Waals surface area contributed by atoms with Crippen molar-refractivity contribution in [2.24, 2.45) is 0 Å². The fourth-order valence-corrected chi connectivity index (χ4v) is 7.72. The van der Waals surface area contributed by atoms with Gasteiger partial charge in [0.2, 0.25) is 5.95 Å². The lowest BCUT2D eigenvalue weighted by Crippen LogP contribution is -2.44. The Bertz CT molecular complexity index is 2010. The Morgan fingerprint density at radius 1 is 0.978 bits per heavy atom. The number of hydrogen-bond donors (Lipinski definition) is 5. The number of ether oxygens (including phenoxy) is 2. The largest absolute Gasteiger partial charge is 0.386 e. The molecule has 4 aromatic heterocycles. The molecule has 45 heavy (non-hydrogen) atoms. The monoisotopic (exact) mass is 693 g/mol. The van der Waals surface area contributed by atoms with E-state index in [0.717, 1.165) is 17.2 Å². The van der Waals surface area contributed by atoms with Gasteiger partial charge in [-0.05, 0) is 0 Å². The molecule has 0 spiro atoms. The lowest BCUT2D eigenvalue weighted by molar-refractivity contribution is -0.0434. The molecule has 25 heteroatoms. The van der Waals surface area contributed by atoms with Crippen LogP contribution >= 0.6 is 19.0 Å². The first-order valence-electron chi connectivity index (χ1n) is 12.9. The van der Waals surface area contributed by atoms with Crippen molar-refractivity contribution in [1.82, 2.24) is 43.8 Å². The third-order valence-corrected chi connectivity index (χ3v) is 9.89. The molecule has 9 atom stereocenters. The van der Waals surface area contributed by atoms with Crippen LogP contribution in [0.25, 0.3) is 22.3 Å². The lowest BCUT2D eigenvalue weighted by Gasteiger charge is -2.26. The topological polar surface area (TPSA) is 269 Å². The summed E-state index contributed by atoms with van der Waals surface area (Å²) in [4.78, 5) is 34.2. The molecule has 7 heterocycles. The summed E-state index contributed by atoms with van der Waals surface area (Å²) in [7, 11) is -4.79. The van der Waals surface area contributed by atoms with E-state index < -0.39 is 85.0 Å². The van der Waals surface area contributed by atoms with Crippen LogP contribution in [0.4, 0.5) is 20.5 Å². The van der Waals surface area contributed by atoms with Crippen molar-refractivity contribution in [3.63, 3.8) is 0 Å². The molecule has 3 saturated heterocycles. The molecule has 0 aromatic carbocycles. The predicted molar refractivity (Wildman–Crippen MR) is 149 cm³/mol. The highest BCUT2D eigenvalue weighted by Crippen LogP contribution is 2.57. The number of fused-ring (bicyclic) bond motifs is 4. The predicted octanol–water partition coefficient (Wildman–Crippen LogP) is -0.732. The minimum Gasteiger partial charge on any atom is -0.382 e. The summed E-state index contributed by atoms with van der Waals surface area (Å²) in [6.07, 6.45) is -10.7. The number of H-pyrrole nitrogens is 1. The van der Waals surface area contributed by atoms with E-state index in [9.17, 15) is 17.8 Å². The maximum Gasteiger partial charge on any atom is 0.386 e. The molecule has 0 radical (unpaired) electrons. The first-order valence-corrected chi connectivity index (χ1v) is 17.0. The van der Waals surface area contributed by atoms with Crippen LogP contribution in [-0.2, 0) is 37.6 Å². The van der Waals surface area contributed by atoms with E-state index >= 15 is 8.78 Å². The SMILES string of the molecule is Nc1nc2c(ncn2[C@@H]2O[C@@H]3CO[P@](=O)(S)O[C@H]4[C@@H](F)[C@H](n5cnc6c(N)ncnc65)O[C@@H]4CNS(=O)(=O)O[C@H]3[C@@H]2F)c(=O)[nH]1. The van der Waals surface area contributed by atoms with Gasteiger partial charge in [0.25, 0.3) is 5.56 Å². The van der Waals surface area contributed by atoms with E-state index in [4.69, 9.17) is 34.2 Å². The van der Waals surface area contributed by atoms with Crippen LogP contribution in [0.3, 0.4) is 0 Å². The molecule has 4 aromatic rings. The number of nitrogens with zero attached hydrogens (tertiary/aromatic N) is 7. The van der Waals surface area contributed by atoms with Gasteiger partial charge < -0.3 is 20.9 Å². The maximum absolute atomic E-state index is 15.9. The molecule has 242 valence electrons. The molecule has 0 saturated carbocycles. The summed E-state index contributed by atoms with van der Waals surface area (Å²) >= 11 is 3.94. The number of alkyl halides is 2. The Morgan fingerprint density at radius 3 is 2.40 bits per heavy atom. The first-order chi connectivity index (χ1) is 21.3. The molecule has 0 amide bonds. The Balaban J connectivity index is 1.17. The Hall–Kier alpha value is -3.35. The summed E-state index contributed by atoms with van der Waals surface area (Å²) in [6, 6.07) is 0. The van der Waals surface area contributed by atoms with Gasteiger partial charge in [-0.2, -0.15) is 18.1 Å². The van der Waals surface area contributed by atoms with Gasteiger partial charge in [-0.1, -0.05) is 12.2 Å². The normalized spacial score (nSPS) is 35.5. The quantitative estimate of drug-likeness (QED) is 0.128. The zero-order chi connectivity index (χ0) is 31.8. The van der Waals surface area contributed by atoms with Gasteiger partial charge in [-0.3, -0.25) is 28.0 Å². The Morgan fingerprint density at radius 2 is 1.64 bits per heavy atom. The van der Waals surface area contributed by atoms with Gasteiger partial charge in [-0.15, -0.1) is 0 Å². The second-order valence-corrected chi connectivity index (χ2v) is 14.3. The number of halogens is 2. The van der Waals surface area contributed by atoms with E-state index in [1.54, 1.807) is 0 Å². The Labute approximate surface area is 254 Å². The van der Waals surface area contributed by atoms with Crippen molar-refractivity contribution in [2.45, 2.75) is 49.2 Å². The molecule has 6 N–H and O–H groups in total. The van der Waals surface area contributed by atoms with E-state index in [1.807, 2.05) is 0 Å². The van der Waals surface area contributed by atoms with Crippen molar-refractivity contribution in [2.75, 3.05) is 24.6 Å². The van der Waals surface area contributed by atoms with Gasteiger partial charge in [0.1, 0.15) is 36.3 Å². The van der Waals surface area contributed by atoms with Crippen LogP contribution < -0.4 is 21.7 Å². The summed E-state index contributed by atoms with van der Waals surface area (Å²) in [5.74, 6) is -0.280. The van der Waals surface area contributed by atoms with Crippen molar-refractivity contribution in [3.8, 4) is 0 Å². The van der Waals surface area contributed by atoms with Crippen molar-refractivity contribution in [3.05, 3.63) is 29.3 Å². The number of rotatable bonds is 2. The Kier molecular flexibility index (Phi) is 7.33. The second kappa shape index (κ2) is 10.9. The van der Waals surface area contributed by atoms with Gasteiger partial charge >= 0.3 is 17.1 Å². The smallest absolute Gasteiger partial charge is 0.382 e. The third kappa shape index (κ3) is 5.34. The number of nitrogens with two attached hydrogens (primary N) is 2. The molecule has 3 fully saturated rings. The highest BCUT2D eigenvalue weighted by atomic mass is 32.7. The zero-order valence-electron chi connectivity index (χ0n) is 22.3. The van der Waals surface area contributed by atoms with Crippen LogP contribution in [0.1, 0.15) is 12.5 Å². The number of aromatic amines is 1. The molecule has 0 aliphatic carbocycles. The van der Waals surface area contributed by atoms with Gasteiger partial charge in [-0.25, -0.2) is 37.5 Å². The fourth-order valence-electron chi connectivity index (χ4n) is 5.28. The number of anilines is 2. The van der Waals surface area contributed by atoms with E-state index in [0.29, 0.717) is 0 Å². The second-order valence-electron chi connectivity index (χ2n) is 10.1. The molecule has 0 unspecified atom stereocenters. The summed E-state index contributed by atoms with van der Waals surface area (Å²) in [5, 5.41) is 0. The molecule has 3 aliphatic heterocycles. The van der Waals surface area contributed by atoms with Crippen LogP contribution in [-0.4, -0.2) is 97.4 Å². The molecule has 0 bridgehead atoms. The number of hydrogen-bond acceptors (Lipinski definition) is 16. The first kappa shape index (κ1) is 30.3. The molecule has 3 aliphatic rings. The molecular formula is C20H22F2N11O9PS2. The number of nitrogens with one attached hydrogen (secondary N) is 2. The lowest BCUT2D eigenvalue weighted by atomic mass is 10.1. The highest BCUT2D eigenvalue weighted by Gasteiger charge is 2.53. The van der Waals surface area contributed by atoms with E-state index in [-0.39, 0.29) is 34.1 Å². The maximum atomic E-state index is 15.9. The van der Waals surface area contributed by atoms with Crippen LogP contribution in [0, 0.1) is 0 Å². The molecule has 7 rings (SSSR count). The fraction of sp³-hybridized carbons (Fsp3) is 0.500. The number of thiol groups is 1. The third-order valence-electron chi connectivity index (χ3n) is 7.28. The molecule has 20 nitrogen and oxygen atoms in total. The van der Waals surface area contributed by atoms with Gasteiger partial charge in [0.15, 0.2) is 47.4 Å². The van der Waals surface area contributed by atoms with E-state index in [2.05, 4.69) is 46.9 Å². The van der Waals surface area contributed by atoms with Crippen LogP contribution in [0.2, 0.25) is 0 Å². The average Bonchev–Trinajstić information content (AvgIpc) is 3.72. The summed E-state index contributed by atoms with van der Waals surface area (Å²) in [6.45, 7) is -5.94. The van der Waals surface area contributed by atoms with Crippen LogP contribution in [0.5, 0.6) is 0 Å². The van der Waals surface area contributed by atoms with Crippen molar-refractivity contribution >= 4 is 63.4 Å². The zero-order valence-corrected chi connectivity index (χ0v) is 24.9. The van der Waals surface area contributed by atoms with E-state index in [1.165, 1.54) is 10.9 Å². The minimum atomic E-state index is -4.79. The standard InChI is InChI=1S/C20H22F2N11O9PS2/c21-8-12-6(39-18(8)32-4-27-10-14(23)25-3-26-15(10)32)1-29-45(36,37)42-13-7(2-38-43(35,44)41-12)40-19(9(13)22)33-5-28-11-16(33)30-20(24)31-17(11)34/h3-9,12-13,18-19,29H,1-2H2,(H,35,44)(H2,23,25,26)(H3,24,30,31,34)/t6-,7-,8-,9+,12-,13-,18-,19-,43+/m1/s1. The van der Waals surface area contributed by atoms with Gasteiger partial charge in [0.05, 0.1) is 19.3 Å². The van der Waals surface area contributed by atoms with Crippen molar-refractivity contribution in [1.29, 1.82) is 0 Å². The van der Waals surface area contributed by atoms with Gasteiger partial charge in [0, 0.05) is 6.54 Å². The minimum absolute atomic E-state index is 0.0181. The summed E-state index contributed by atoms with van der Waals surface area (Å²) < 4.78 is 103. The van der Waals surface area contributed by atoms with Crippen LogP contribution in [0.15, 0.2) is 23.8 Å². The average molecular weight is 694 g/mol. The number of nitrogen functional groups attached to an aromatic ring is 2. The number of imidazole rings is 2. The summed E-state index contributed by atoms with van der Waals surface area (Å²) in [5.41, 5.74) is 10.6. The highest BCUT2D eigenvalue weighted by molar-refractivity contribution is 8.44. The number of aromatic nitrogens is 8. The van der Waals surface area contributed by atoms with Crippen molar-refractivity contribution < 1.29 is 44.5 Å².